The first-order valence-electron chi connectivity index (χ1n) is 21.1. The molecule has 1 aliphatic carbocycles. The Bertz CT molecular complexity index is 1620. The second-order valence-electron chi connectivity index (χ2n) is 15.1. The van der Waals surface area contributed by atoms with Crippen LogP contribution in [0, 0.1) is 0 Å². The SMILES string of the molecule is O=C(CCCCOCCOCCOCCCNC(=O)[C@H](CCCCNC(=O)O)NC(=O)OCC1c2ccccc2-c2ccccc21)CCCC[C@@H]1SC[C@@H]2NC(=O)N[C@@H]21. The van der Waals surface area contributed by atoms with Crippen molar-refractivity contribution in [3.63, 3.8) is 0 Å². The minimum absolute atomic E-state index is 0.0616. The van der Waals surface area contributed by atoms with Gasteiger partial charge in [-0.1, -0.05) is 55.0 Å². The minimum atomic E-state index is -1.11. The summed E-state index contributed by atoms with van der Waals surface area (Å²) in [4.78, 5) is 60.7. The number of nitrogens with one attached hydrogen (secondary N) is 5. The van der Waals surface area contributed by atoms with Crippen LogP contribution in [0.15, 0.2) is 48.5 Å². The van der Waals surface area contributed by atoms with E-state index in [1.54, 1.807) is 0 Å². The summed E-state index contributed by atoms with van der Waals surface area (Å²) in [6.07, 6.45) is 5.88. The summed E-state index contributed by atoms with van der Waals surface area (Å²) in [6, 6.07) is 15.7. The van der Waals surface area contributed by atoms with Crippen LogP contribution in [0.4, 0.5) is 14.4 Å². The maximum absolute atomic E-state index is 13.1. The zero-order valence-corrected chi connectivity index (χ0v) is 34.7. The molecule has 4 atom stereocenters. The Labute approximate surface area is 351 Å². The number of unbranched alkanes of at least 4 members (excludes halogenated alkanes) is 3. The van der Waals surface area contributed by atoms with Gasteiger partial charge in [-0.15, -0.1) is 0 Å². The fraction of sp³-hybridized carbons (Fsp3) is 0.605. The van der Waals surface area contributed by atoms with Gasteiger partial charge in [-0.2, -0.15) is 11.8 Å². The van der Waals surface area contributed by atoms with E-state index in [2.05, 4.69) is 38.7 Å². The number of carboxylic acid groups (broad SMARTS) is 1. The number of urea groups is 1. The molecule has 5 rings (SSSR count). The number of hydrogen-bond acceptors (Lipinski definition) is 10. The summed E-state index contributed by atoms with van der Waals surface area (Å²) >= 11 is 1.91. The van der Waals surface area contributed by atoms with Crippen molar-refractivity contribution in [2.45, 2.75) is 99.9 Å². The lowest BCUT2D eigenvalue weighted by atomic mass is 9.98. The Morgan fingerprint density at radius 2 is 1.37 bits per heavy atom. The topological polar surface area (TPSA) is 203 Å². The zero-order valence-electron chi connectivity index (χ0n) is 33.9. The molecule has 2 aromatic rings. The number of carbonyl (C=O) groups excluding carboxylic acids is 4. The summed E-state index contributed by atoms with van der Waals surface area (Å²) in [6.45, 7) is 3.47. The Morgan fingerprint density at radius 1 is 0.746 bits per heavy atom. The molecule has 5 amide bonds. The van der Waals surface area contributed by atoms with Gasteiger partial charge in [0.25, 0.3) is 0 Å². The van der Waals surface area contributed by atoms with E-state index in [-0.39, 0.29) is 43.1 Å². The highest BCUT2D eigenvalue weighted by Gasteiger charge is 2.42. The van der Waals surface area contributed by atoms with Crippen LogP contribution in [0.25, 0.3) is 11.1 Å². The second-order valence-corrected chi connectivity index (χ2v) is 16.4. The quantitative estimate of drug-likeness (QED) is 0.0456. The van der Waals surface area contributed by atoms with Gasteiger partial charge in [-0.25, -0.2) is 14.4 Å². The number of thioether (sulfide) groups is 1. The molecule has 2 heterocycles. The molecule has 0 radical (unpaired) electrons. The lowest BCUT2D eigenvalue weighted by molar-refractivity contribution is -0.123. The highest BCUT2D eigenvalue weighted by atomic mass is 32.2. The lowest BCUT2D eigenvalue weighted by Crippen LogP contribution is -2.47. The number of benzene rings is 2. The number of alkyl carbamates (subject to hydrolysis) is 1. The number of fused-ring (bicyclic) bond motifs is 4. The van der Waals surface area contributed by atoms with Gasteiger partial charge in [0.05, 0.1) is 38.5 Å². The largest absolute Gasteiger partial charge is 0.465 e. The van der Waals surface area contributed by atoms with E-state index in [9.17, 15) is 24.0 Å². The van der Waals surface area contributed by atoms with Crippen LogP contribution in [-0.2, 0) is 28.5 Å². The molecule has 0 bridgehead atoms. The number of amides is 5. The van der Waals surface area contributed by atoms with Crippen LogP contribution in [0.1, 0.15) is 87.7 Å². The van der Waals surface area contributed by atoms with Crippen molar-refractivity contribution in [3.8, 4) is 11.1 Å². The van der Waals surface area contributed by atoms with Gasteiger partial charge in [0.15, 0.2) is 0 Å². The van der Waals surface area contributed by atoms with Gasteiger partial charge < -0.3 is 50.6 Å². The molecule has 2 aliphatic heterocycles. The Kier molecular flexibility index (Phi) is 19.6. The van der Waals surface area contributed by atoms with Crippen LogP contribution < -0.4 is 26.6 Å². The Morgan fingerprint density at radius 3 is 2.07 bits per heavy atom. The number of rotatable bonds is 29. The molecule has 3 aliphatic rings. The monoisotopic (exact) mass is 839 g/mol. The van der Waals surface area contributed by atoms with Crippen LogP contribution in [-0.4, -0.2) is 123 Å². The summed E-state index contributed by atoms with van der Waals surface area (Å²) in [7, 11) is 0. The molecule has 0 spiro atoms. The highest BCUT2D eigenvalue weighted by Crippen LogP contribution is 2.44. The van der Waals surface area contributed by atoms with Gasteiger partial charge >= 0.3 is 18.2 Å². The first-order valence-corrected chi connectivity index (χ1v) is 22.1. The molecule has 2 saturated heterocycles. The molecule has 0 saturated carbocycles. The van der Waals surface area contributed by atoms with Crippen molar-refractivity contribution in [2.24, 2.45) is 0 Å². The van der Waals surface area contributed by atoms with E-state index >= 15 is 0 Å². The van der Waals surface area contributed by atoms with Gasteiger partial charge in [0.1, 0.15) is 18.4 Å². The number of ether oxygens (including phenoxy) is 4. The molecule has 2 aromatic carbocycles. The fourth-order valence-electron chi connectivity index (χ4n) is 7.73. The third kappa shape index (κ3) is 15.3. The van der Waals surface area contributed by atoms with E-state index in [0.29, 0.717) is 95.7 Å². The summed E-state index contributed by atoms with van der Waals surface area (Å²) in [5.74, 6) is 0.805. The summed E-state index contributed by atoms with van der Waals surface area (Å²) in [5, 5.41) is 23.2. The van der Waals surface area contributed by atoms with Crippen molar-refractivity contribution >= 4 is 41.7 Å². The molecule has 15 nitrogen and oxygen atoms in total. The Balaban J connectivity index is 0.851. The van der Waals surface area contributed by atoms with Crippen molar-refractivity contribution in [3.05, 3.63) is 59.7 Å². The van der Waals surface area contributed by atoms with Gasteiger partial charge in [0.2, 0.25) is 5.91 Å². The second kappa shape index (κ2) is 25.3. The number of Topliss-reactive ketones (excluding diaryl/α,β-unsaturated/α-hetero) is 1. The number of carbonyl (C=O) groups is 5. The van der Waals surface area contributed by atoms with E-state index < -0.39 is 18.2 Å². The summed E-state index contributed by atoms with van der Waals surface area (Å²) < 4.78 is 22.5. The first kappa shape index (κ1) is 45.7. The van der Waals surface area contributed by atoms with Gasteiger partial charge in [0, 0.05) is 56.1 Å². The standard InChI is InChI=1S/C43H61N5O10S/c49-30(12-1-6-19-38-39-37(29-59-38)46-41(51)48-39)13-8-10-22-55-24-26-57-27-25-56-23-11-21-44-40(50)36(18-7-9-20-45-42(52)53)47-43(54)58-28-35-33-16-4-2-14-31(33)32-15-3-5-17-34(32)35/h2-5,14-17,35-39,45H,1,6-13,18-29H2,(H,44,50)(H,47,54)(H,52,53)(H2,46,48,51)/t36-,37-,38-,39-/m0/s1. The molecule has 2 fully saturated rings. The molecular weight excluding hydrogens is 779 g/mol. The van der Waals surface area contributed by atoms with E-state index in [1.807, 2.05) is 48.2 Å². The van der Waals surface area contributed by atoms with Crippen LogP contribution in [0.3, 0.4) is 0 Å². The number of ketones is 1. The molecular formula is C43H61N5O10S. The maximum Gasteiger partial charge on any atom is 0.407 e. The predicted molar refractivity (Wildman–Crippen MR) is 225 cm³/mol. The normalized spacial score (nSPS) is 18.2. The predicted octanol–water partition coefficient (Wildman–Crippen LogP) is 5.35. The van der Waals surface area contributed by atoms with Gasteiger partial charge in [-0.3, -0.25) is 9.59 Å². The molecule has 324 valence electrons. The van der Waals surface area contributed by atoms with Crippen LogP contribution in [0.2, 0.25) is 0 Å². The van der Waals surface area contributed by atoms with Gasteiger partial charge in [-0.05, 0) is 73.6 Å². The molecule has 6 N–H and O–H groups in total. The third-order valence-electron chi connectivity index (χ3n) is 10.8. The van der Waals surface area contributed by atoms with Crippen molar-refractivity contribution in [1.82, 2.24) is 26.6 Å². The fourth-order valence-corrected chi connectivity index (χ4v) is 9.28. The first-order chi connectivity index (χ1) is 28.8. The molecule has 59 heavy (non-hydrogen) atoms. The molecule has 0 unspecified atom stereocenters. The molecule has 0 aromatic heterocycles. The van der Waals surface area contributed by atoms with Crippen LogP contribution in [0.5, 0.6) is 0 Å². The Hall–Kier alpha value is -4.38. The average Bonchev–Trinajstić information content (AvgIpc) is 3.89. The van der Waals surface area contributed by atoms with E-state index in [1.165, 1.54) is 0 Å². The minimum Gasteiger partial charge on any atom is -0.465 e. The van der Waals surface area contributed by atoms with E-state index in [4.69, 9.17) is 24.1 Å². The molecule has 16 heteroatoms. The summed E-state index contributed by atoms with van der Waals surface area (Å²) in [5.41, 5.74) is 4.43. The lowest BCUT2D eigenvalue weighted by Gasteiger charge is -2.20. The van der Waals surface area contributed by atoms with Crippen molar-refractivity contribution in [1.29, 1.82) is 0 Å². The van der Waals surface area contributed by atoms with E-state index in [0.717, 1.165) is 60.1 Å². The van der Waals surface area contributed by atoms with Crippen LogP contribution >= 0.6 is 11.8 Å². The average molecular weight is 840 g/mol. The third-order valence-corrected chi connectivity index (χ3v) is 12.3. The smallest absolute Gasteiger partial charge is 0.407 e. The van der Waals surface area contributed by atoms with Crippen molar-refractivity contribution < 1.29 is 48.0 Å². The highest BCUT2D eigenvalue weighted by molar-refractivity contribution is 8.00. The number of hydrogen-bond donors (Lipinski definition) is 6. The maximum atomic E-state index is 13.1. The van der Waals surface area contributed by atoms with Crippen molar-refractivity contribution in [2.75, 3.05) is 65.1 Å². The zero-order chi connectivity index (χ0) is 41.7.